The van der Waals surface area contributed by atoms with Crippen LogP contribution in [0.5, 0.6) is 0 Å². The largest absolute Gasteiger partial charge is 0.452 e. The van der Waals surface area contributed by atoms with Crippen LogP contribution < -0.4 is 0 Å². The predicted octanol–water partition coefficient (Wildman–Crippen LogP) is 9.42. The van der Waals surface area contributed by atoms with Crippen molar-refractivity contribution in [3.05, 3.63) is 66.3 Å². The molecule has 0 spiro atoms. The summed E-state index contributed by atoms with van der Waals surface area (Å²) in [7, 11) is 4.06. The fourth-order valence-corrected chi connectivity index (χ4v) is 2.86. The van der Waals surface area contributed by atoms with Crippen LogP contribution in [0.15, 0.2) is 59.1 Å². The van der Waals surface area contributed by atoms with Crippen molar-refractivity contribution in [2.24, 2.45) is 23.3 Å². The third kappa shape index (κ3) is 35.5. The van der Waals surface area contributed by atoms with Crippen molar-refractivity contribution in [3.63, 3.8) is 0 Å². The summed E-state index contributed by atoms with van der Waals surface area (Å²) in [4.78, 5) is 13.4. The molecule has 0 N–H and O–H groups in total. The molecule has 0 radical (unpaired) electrons. The summed E-state index contributed by atoms with van der Waals surface area (Å²) in [6.45, 7) is 35.8. The molecule has 0 atom stereocenters. The number of fused-ring (bicyclic) bond motifs is 1. The monoisotopic (exact) mass is 647 g/mol. The van der Waals surface area contributed by atoms with Crippen LogP contribution in [0.2, 0.25) is 0 Å². The molecule has 5 heterocycles. The maximum absolute atomic E-state index is 4.47. The number of rotatable bonds is 0. The van der Waals surface area contributed by atoms with E-state index >= 15 is 0 Å². The Kier molecular flexibility index (Phi) is 21.5. The van der Waals surface area contributed by atoms with Gasteiger partial charge in [0.25, 0.3) is 0 Å². The van der Waals surface area contributed by atoms with E-state index in [4.69, 9.17) is 0 Å². The van der Waals surface area contributed by atoms with Crippen molar-refractivity contribution in [1.82, 2.24) is 39.2 Å². The molecule has 0 bridgehead atoms. The zero-order valence-corrected chi connectivity index (χ0v) is 32.5. The van der Waals surface area contributed by atoms with Gasteiger partial charge in [-0.2, -0.15) is 0 Å². The fourth-order valence-electron chi connectivity index (χ4n) is 2.51. The second-order valence-electron chi connectivity index (χ2n) is 16.7. The van der Waals surface area contributed by atoms with Gasteiger partial charge in [-0.05, 0) is 23.3 Å². The number of aromatic nitrogens is 7. The average Bonchev–Trinajstić information content (AvgIpc) is 3.66. The van der Waals surface area contributed by atoms with E-state index in [0.717, 1.165) is 31.3 Å². The summed E-state index contributed by atoms with van der Waals surface area (Å²) in [5.41, 5.74) is 3.39. The van der Waals surface area contributed by atoms with Gasteiger partial charge in [-0.1, -0.05) is 104 Å². The molecule has 0 aromatic carbocycles. The molecule has 4 aromatic heterocycles. The van der Waals surface area contributed by atoms with E-state index in [9.17, 15) is 0 Å². The maximum atomic E-state index is 4.47. The van der Waals surface area contributed by atoms with E-state index in [1.54, 1.807) is 41.8 Å². The molecule has 5 rings (SSSR count). The molecule has 1 aliphatic heterocycles. The average molecular weight is 647 g/mol. The van der Waals surface area contributed by atoms with Crippen molar-refractivity contribution in [2.75, 3.05) is 13.6 Å². The first-order valence-corrected chi connectivity index (χ1v) is 16.5. The molecule has 0 aliphatic carbocycles. The lowest BCUT2D eigenvalue weighted by Crippen LogP contribution is -2.33. The topological polar surface area (TPSA) is 90.7 Å². The Balaban J connectivity index is 0. The first-order chi connectivity index (χ1) is 20.4. The molecule has 258 valence electrons. The highest BCUT2D eigenvalue weighted by atomic mass is 32.1. The van der Waals surface area contributed by atoms with E-state index in [0.29, 0.717) is 16.2 Å². The van der Waals surface area contributed by atoms with E-state index < -0.39 is 0 Å². The van der Waals surface area contributed by atoms with Crippen LogP contribution in [0.3, 0.4) is 0 Å². The standard InChI is InChI=1S/C10H18N4.3C5H12.C4H6N2.C3H3NO.C3H3NS/c1-10(2,3)9-12-11-8-7-13(4)5-6-14(8)9;3*1-5(2,3)4;1-6-3-2-5-4-6;2*1-2-5-3-4-1/h5-7H2,1-4H3;3*1-4H3;2-4H,1H3;2*1-3H. The number of nitrogens with zero attached hydrogens (tertiary/aromatic N) is 8. The van der Waals surface area contributed by atoms with E-state index in [1.165, 1.54) is 12.7 Å². The normalized spacial score (nSPS) is 12.6. The molecule has 0 fully saturated rings. The van der Waals surface area contributed by atoms with Gasteiger partial charge in [-0.3, -0.25) is 9.88 Å². The number of thiazole rings is 1. The van der Waals surface area contributed by atoms with Crippen LogP contribution in [0.4, 0.5) is 0 Å². The fraction of sp³-hybridized carbons (Fsp3) is 0.686. The predicted molar refractivity (Wildman–Crippen MR) is 192 cm³/mol. The summed E-state index contributed by atoms with van der Waals surface area (Å²) in [5, 5.41) is 10.5. The van der Waals surface area contributed by atoms with Crippen LogP contribution in [-0.2, 0) is 25.6 Å². The number of likely N-dealkylation sites (N-methyl/N-ethyl adjacent to an activating group) is 1. The third-order valence-corrected chi connectivity index (χ3v) is 4.47. The summed E-state index contributed by atoms with van der Waals surface area (Å²) in [6.07, 6.45) is 11.6. The molecule has 0 saturated heterocycles. The second-order valence-corrected chi connectivity index (χ2v) is 17.4. The van der Waals surface area contributed by atoms with Gasteiger partial charge in [0, 0.05) is 49.5 Å². The van der Waals surface area contributed by atoms with Crippen LogP contribution in [-0.4, -0.2) is 52.8 Å². The molecule has 1 aliphatic rings. The van der Waals surface area contributed by atoms with Crippen LogP contribution in [0.25, 0.3) is 0 Å². The molecular weight excluding hydrogens is 581 g/mol. The zero-order valence-electron chi connectivity index (χ0n) is 31.7. The summed E-state index contributed by atoms with van der Waals surface area (Å²) in [5.74, 6) is 2.21. The smallest absolute Gasteiger partial charge is 0.180 e. The SMILES string of the molecule is CC(C)(C)C.CC(C)(C)C.CC(C)(C)C.CN1CCn2c(nnc2C(C)(C)C)C1.Cn1ccnc1.c1cocn1.c1cscn1. The number of imidazole rings is 1. The first kappa shape index (κ1) is 44.3. The quantitative estimate of drug-likeness (QED) is 0.188. The van der Waals surface area contributed by atoms with Crippen LogP contribution in [0.1, 0.15) is 116 Å². The van der Waals surface area contributed by atoms with E-state index in [1.807, 2.05) is 23.2 Å². The van der Waals surface area contributed by atoms with E-state index in [-0.39, 0.29) is 5.41 Å². The Bertz CT molecular complexity index is 1050. The highest BCUT2D eigenvalue weighted by Gasteiger charge is 2.26. The van der Waals surface area contributed by atoms with Crippen LogP contribution in [0, 0.1) is 16.2 Å². The van der Waals surface area contributed by atoms with Crippen LogP contribution >= 0.6 is 11.3 Å². The molecular formula is C35H66N8OS. The van der Waals surface area contributed by atoms with Crippen molar-refractivity contribution in [3.8, 4) is 0 Å². The summed E-state index contributed by atoms with van der Waals surface area (Å²) < 4.78 is 8.62. The Morgan fingerprint density at radius 3 is 1.51 bits per heavy atom. The first-order valence-electron chi connectivity index (χ1n) is 15.5. The van der Waals surface area contributed by atoms with Crippen molar-refractivity contribution in [1.29, 1.82) is 0 Å². The Labute approximate surface area is 279 Å². The van der Waals surface area contributed by atoms with Gasteiger partial charge in [0.15, 0.2) is 6.39 Å². The number of oxazole rings is 1. The molecule has 0 amide bonds. The lowest BCUT2D eigenvalue weighted by Gasteiger charge is -2.26. The molecule has 10 heteroatoms. The number of hydrogen-bond acceptors (Lipinski definition) is 8. The zero-order chi connectivity index (χ0) is 35.3. The maximum Gasteiger partial charge on any atom is 0.180 e. The second kappa shape index (κ2) is 21.8. The minimum Gasteiger partial charge on any atom is -0.452 e. The van der Waals surface area contributed by atoms with Gasteiger partial charge < -0.3 is 13.6 Å². The van der Waals surface area contributed by atoms with Gasteiger partial charge in [-0.15, -0.1) is 21.5 Å². The molecule has 4 aromatic rings. The Hall–Kier alpha value is -2.85. The highest BCUT2D eigenvalue weighted by molar-refractivity contribution is 7.07. The summed E-state index contributed by atoms with van der Waals surface area (Å²) >= 11 is 1.60. The van der Waals surface area contributed by atoms with Crippen molar-refractivity contribution >= 4 is 11.3 Å². The van der Waals surface area contributed by atoms with Crippen molar-refractivity contribution < 1.29 is 4.42 Å². The van der Waals surface area contributed by atoms with Gasteiger partial charge in [0.1, 0.15) is 17.9 Å². The number of aryl methyl sites for hydroxylation is 1. The number of hydrogen-bond donors (Lipinski definition) is 0. The third-order valence-electron chi connectivity index (χ3n) is 3.95. The van der Waals surface area contributed by atoms with Gasteiger partial charge in [-0.25, -0.2) is 9.97 Å². The van der Waals surface area contributed by atoms with Gasteiger partial charge in [0.05, 0.1) is 24.6 Å². The molecule has 0 saturated carbocycles. The molecule has 45 heavy (non-hydrogen) atoms. The van der Waals surface area contributed by atoms with Gasteiger partial charge in [0.2, 0.25) is 0 Å². The lowest BCUT2D eigenvalue weighted by molar-refractivity contribution is 0.258. The lowest BCUT2D eigenvalue weighted by atomic mass is 9.95. The molecule has 9 nitrogen and oxygen atoms in total. The highest BCUT2D eigenvalue weighted by Crippen LogP contribution is 2.23. The minimum absolute atomic E-state index is 0.0984. The van der Waals surface area contributed by atoms with E-state index in [2.05, 4.69) is 150 Å². The van der Waals surface area contributed by atoms with Crippen molar-refractivity contribution in [2.45, 2.75) is 122 Å². The Morgan fingerprint density at radius 2 is 1.24 bits per heavy atom. The Morgan fingerprint density at radius 1 is 0.689 bits per heavy atom. The summed E-state index contributed by atoms with van der Waals surface area (Å²) in [6, 6.07) is 0. The van der Waals surface area contributed by atoms with Gasteiger partial charge >= 0.3 is 0 Å². The molecule has 0 unspecified atom stereocenters. The minimum atomic E-state index is 0.0984.